The fourth-order valence-corrected chi connectivity index (χ4v) is 2.40. The van der Waals surface area contributed by atoms with Crippen molar-refractivity contribution < 1.29 is 14.6 Å². The third-order valence-corrected chi connectivity index (χ3v) is 3.54. The summed E-state index contributed by atoms with van der Waals surface area (Å²) in [5, 5.41) is 13.4. The van der Waals surface area contributed by atoms with E-state index in [0.29, 0.717) is 18.7 Å². The lowest BCUT2D eigenvalue weighted by Crippen LogP contribution is -2.37. The third kappa shape index (κ3) is 3.75. The summed E-state index contributed by atoms with van der Waals surface area (Å²) >= 11 is 0. The minimum atomic E-state index is -0.550. The van der Waals surface area contributed by atoms with Crippen LogP contribution < -0.4 is 5.32 Å². The van der Waals surface area contributed by atoms with Crippen LogP contribution in [-0.4, -0.2) is 35.3 Å². The molecular formula is C14H20N2O3. The smallest absolute Gasteiger partial charge is 0.339 e. The number of nitrogens with zero attached hydrogens (tertiary/aromatic N) is 1. The van der Waals surface area contributed by atoms with Gasteiger partial charge in [0.25, 0.3) is 0 Å². The Morgan fingerprint density at radius 2 is 2.21 bits per heavy atom. The van der Waals surface area contributed by atoms with Gasteiger partial charge in [-0.05, 0) is 25.0 Å². The molecule has 0 unspecified atom stereocenters. The van der Waals surface area contributed by atoms with Crippen molar-refractivity contribution in [2.75, 3.05) is 13.7 Å². The highest BCUT2D eigenvalue weighted by Gasteiger charge is 2.30. The van der Waals surface area contributed by atoms with Crippen molar-refractivity contribution in [2.45, 2.75) is 37.8 Å². The predicted molar refractivity (Wildman–Crippen MR) is 70.7 cm³/mol. The Balaban J connectivity index is 1.81. The number of aromatic nitrogens is 1. The maximum absolute atomic E-state index is 11.2. The van der Waals surface area contributed by atoms with E-state index >= 15 is 0 Å². The summed E-state index contributed by atoms with van der Waals surface area (Å²) in [5.41, 5.74) is 0.737. The highest BCUT2D eigenvalue weighted by Crippen LogP contribution is 2.28. The Labute approximate surface area is 113 Å². The fourth-order valence-electron chi connectivity index (χ4n) is 2.40. The molecule has 0 aromatic carbocycles. The Bertz CT molecular complexity index is 425. The first-order chi connectivity index (χ1) is 9.13. The van der Waals surface area contributed by atoms with E-state index in [9.17, 15) is 9.90 Å². The summed E-state index contributed by atoms with van der Waals surface area (Å²) in [6.07, 6.45) is 5.45. The summed E-state index contributed by atoms with van der Waals surface area (Å²) in [6.45, 7) is 1.18. The van der Waals surface area contributed by atoms with Gasteiger partial charge < -0.3 is 15.2 Å². The summed E-state index contributed by atoms with van der Waals surface area (Å²) < 4.78 is 4.61. The van der Waals surface area contributed by atoms with Crippen LogP contribution in [0.2, 0.25) is 0 Å². The van der Waals surface area contributed by atoms with Gasteiger partial charge in [-0.15, -0.1) is 0 Å². The first-order valence-corrected chi connectivity index (χ1v) is 6.59. The molecule has 0 radical (unpaired) electrons. The van der Waals surface area contributed by atoms with E-state index in [1.165, 1.54) is 13.3 Å². The molecule has 1 heterocycles. The highest BCUT2D eigenvalue weighted by atomic mass is 16.5. The van der Waals surface area contributed by atoms with E-state index in [4.69, 9.17) is 0 Å². The Kier molecular flexibility index (Phi) is 4.50. The molecule has 1 saturated carbocycles. The highest BCUT2D eigenvalue weighted by molar-refractivity contribution is 5.88. The van der Waals surface area contributed by atoms with Gasteiger partial charge in [-0.1, -0.05) is 12.8 Å². The zero-order valence-corrected chi connectivity index (χ0v) is 11.2. The molecule has 2 rings (SSSR count). The molecule has 19 heavy (non-hydrogen) atoms. The van der Waals surface area contributed by atoms with Crippen LogP contribution in [0.5, 0.6) is 0 Å². The Morgan fingerprint density at radius 3 is 2.79 bits per heavy atom. The number of hydrogen-bond donors (Lipinski definition) is 2. The van der Waals surface area contributed by atoms with E-state index < -0.39 is 5.60 Å². The van der Waals surface area contributed by atoms with Crippen LogP contribution in [0.1, 0.15) is 41.7 Å². The SMILES string of the molecule is COC(=O)c1ccc(CNCC2(O)CCCC2)nc1. The first kappa shape index (κ1) is 14.0. The van der Waals surface area contributed by atoms with Gasteiger partial charge in [0, 0.05) is 19.3 Å². The molecule has 1 fully saturated rings. The van der Waals surface area contributed by atoms with Crippen LogP contribution in [0.25, 0.3) is 0 Å². The van der Waals surface area contributed by atoms with Gasteiger partial charge in [0.05, 0.1) is 24.0 Å². The van der Waals surface area contributed by atoms with Crippen LogP contribution in [0.4, 0.5) is 0 Å². The second-order valence-corrected chi connectivity index (χ2v) is 5.06. The number of hydrogen-bond acceptors (Lipinski definition) is 5. The number of carbonyl (C=O) groups excluding carboxylic acids is 1. The van der Waals surface area contributed by atoms with Crippen molar-refractivity contribution >= 4 is 5.97 Å². The van der Waals surface area contributed by atoms with Gasteiger partial charge in [-0.3, -0.25) is 4.98 Å². The van der Waals surface area contributed by atoms with Gasteiger partial charge in [0.1, 0.15) is 0 Å². The normalized spacial score (nSPS) is 17.4. The van der Waals surface area contributed by atoms with Crippen LogP contribution in [0.15, 0.2) is 18.3 Å². The topological polar surface area (TPSA) is 71.5 Å². The summed E-state index contributed by atoms with van der Waals surface area (Å²) in [4.78, 5) is 15.4. The fraction of sp³-hybridized carbons (Fsp3) is 0.571. The number of methoxy groups -OCH3 is 1. The maximum atomic E-state index is 11.2. The molecule has 0 saturated heterocycles. The number of aliphatic hydroxyl groups is 1. The van der Waals surface area contributed by atoms with Crippen molar-refractivity contribution in [3.63, 3.8) is 0 Å². The molecule has 0 atom stereocenters. The van der Waals surface area contributed by atoms with Crippen LogP contribution in [0, 0.1) is 0 Å². The summed E-state index contributed by atoms with van der Waals surface area (Å²) in [6, 6.07) is 3.48. The molecule has 1 aliphatic rings. The van der Waals surface area contributed by atoms with Crippen LogP contribution in [0.3, 0.4) is 0 Å². The monoisotopic (exact) mass is 264 g/mol. The zero-order valence-electron chi connectivity index (χ0n) is 11.2. The van der Waals surface area contributed by atoms with Crippen molar-refractivity contribution in [1.82, 2.24) is 10.3 Å². The lowest BCUT2D eigenvalue weighted by atomic mass is 10.0. The molecule has 1 aromatic rings. The molecule has 1 aliphatic carbocycles. The zero-order chi connectivity index (χ0) is 13.7. The Hall–Kier alpha value is -1.46. The van der Waals surface area contributed by atoms with E-state index in [1.54, 1.807) is 12.1 Å². The first-order valence-electron chi connectivity index (χ1n) is 6.59. The number of ether oxygens (including phenoxy) is 1. The van der Waals surface area contributed by atoms with Crippen molar-refractivity contribution in [2.24, 2.45) is 0 Å². The lowest BCUT2D eigenvalue weighted by Gasteiger charge is -2.22. The molecular weight excluding hydrogens is 244 g/mol. The van der Waals surface area contributed by atoms with E-state index in [-0.39, 0.29) is 5.97 Å². The van der Waals surface area contributed by atoms with E-state index in [1.807, 2.05) is 0 Å². The molecule has 5 nitrogen and oxygen atoms in total. The number of rotatable bonds is 5. The number of carbonyl (C=O) groups is 1. The second-order valence-electron chi connectivity index (χ2n) is 5.06. The quantitative estimate of drug-likeness (QED) is 0.783. The molecule has 2 N–H and O–H groups in total. The summed E-state index contributed by atoms with van der Waals surface area (Å²) in [5.74, 6) is -0.382. The van der Waals surface area contributed by atoms with Gasteiger partial charge in [0.2, 0.25) is 0 Å². The number of esters is 1. The van der Waals surface area contributed by atoms with Crippen molar-refractivity contribution in [1.29, 1.82) is 0 Å². The maximum Gasteiger partial charge on any atom is 0.339 e. The molecule has 5 heteroatoms. The molecule has 0 aliphatic heterocycles. The van der Waals surface area contributed by atoms with Gasteiger partial charge in [-0.25, -0.2) is 4.79 Å². The van der Waals surface area contributed by atoms with Gasteiger partial charge in [-0.2, -0.15) is 0 Å². The third-order valence-electron chi connectivity index (χ3n) is 3.54. The average Bonchev–Trinajstić information content (AvgIpc) is 2.86. The second kappa shape index (κ2) is 6.12. The van der Waals surface area contributed by atoms with Crippen molar-refractivity contribution in [3.05, 3.63) is 29.6 Å². The standard InChI is InChI=1S/C14H20N2O3/c1-19-13(17)11-4-5-12(16-8-11)9-15-10-14(18)6-2-3-7-14/h4-5,8,15,18H,2-3,6-7,9-10H2,1H3. The number of pyridine rings is 1. The number of nitrogens with one attached hydrogen (secondary N) is 1. The molecule has 1 aromatic heterocycles. The molecule has 0 amide bonds. The van der Waals surface area contributed by atoms with Crippen LogP contribution in [-0.2, 0) is 11.3 Å². The minimum absolute atomic E-state index is 0.382. The summed E-state index contributed by atoms with van der Waals surface area (Å²) in [7, 11) is 1.35. The van der Waals surface area contributed by atoms with E-state index in [0.717, 1.165) is 31.4 Å². The van der Waals surface area contributed by atoms with E-state index in [2.05, 4.69) is 15.0 Å². The molecule has 0 spiro atoms. The molecule has 104 valence electrons. The largest absolute Gasteiger partial charge is 0.465 e. The van der Waals surface area contributed by atoms with Gasteiger partial charge in [0.15, 0.2) is 0 Å². The minimum Gasteiger partial charge on any atom is -0.465 e. The van der Waals surface area contributed by atoms with Gasteiger partial charge >= 0.3 is 5.97 Å². The predicted octanol–water partition coefficient (Wildman–Crippen LogP) is 1.26. The van der Waals surface area contributed by atoms with Crippen molar-refractivity contribution in [3.8, 4) is 0 Å². The van der Waals surface area contributed by atoms with Crippen LogP contribution >= 0.6 is 0 Å². The average molecular weight is 264 g/mol. The Morgan fingerprint density at radius 1 is 1.47 bits per heavy atom. The lowest BCUT2D eigenvalue weighted by molar-refractivity contribution is 0.0474. The molecule has 0 bridgehead atoms.